The van der Waals surface area contributed by atoms with Crippen LogP contribution in [-0.4, -0.2) is 62.8 Å². The van der Waals surface area contributed by atoms with Gasteiger partial charge in [-0.15, -0.1) is 0 Å². The van der Waals surface area contributed by atoms with Gasteiger partial charge < -0.3 is 20.4 Å². The minimum atomic E-state index is -4.61. The van der Waals surface area contributed by atoms with Gasteiger partial charge in [0.25, 0.3) is 5.91 Å². The topological polar surface area (TPSA) is 121 Å². The Morgan fingerprint density at radius 2 is 1.79 bits per heavy atom. The average molecular weight is 625 g/mol. The van der Waals surface area contributed by atoms with Crippen LogP contribution in [0.2, 0.25) is 5.02 Å². The highest BCUT2D eigenvalue weighted by Crippen LogP contribution is 2.36. The molecule has 0 bridgehead atoms. The minimum Gasteiger partial charge on any atom is -0.451 e. The van der Waals surface area contributed by atoms with Crippen LogP contribution >= 0.6 is 11.6 Å². The Morgan fingerprint density at radius 3 is 2.48 bits per heavy atom. The summed E-state index contributed by atoms with van der Waals surface area (Å²) in [7, 11) is -3.96. The molecule has 3 N–H and O–H groups in total. The lowest BCUT2D eigenvalue weighted by Crippen LogP contribution is -2.51. The first-order valence-electron chi connectivity index (χ1n) is 13.3. The lowest BCUT2D eigenvalue weighted by molar-refractivity contribution is -0.137. The third-order valence-electron chi connectivity index (χ3n) is 7.35. The maximum Gasteiger partial charge on any atom is 0.416 e. The summed E-state index contributed by atoms with van der Waals surface area (Å²) in [4.78, 5) is 26.6. The van der Waals surface area contributed by atoms with Crippen LogP contribution in [0, 0.1) is 5.92 Å². The van der Waals surface area contributed by atoms with E-state index in [2.05, 4.69) is 16.0 Å². The smallest absolute Gasteiger partial charge is 0.416 e. The van der Waals surface area contributed by atoms with Crippen LogP contribution < -0.4 is 16.0 Å². The van der Waals surface area contributed by atoms with E-state index in [9.17, 15) is 31.2 Å². The molecular formula is C28H28ClF3N4O5S. The minimum absolute atomic E-state index is 0.00389. The summed E-state index contributed by atoms with van der Waals surface area (Å²) in [5.74, 6) is -2.35. The zero-order valence-electron chi connectivity index (χ0n) is 22.2. The molecule has 2 fully saturated rings. The Balaban J connectivity index is 1.37. The molecular weight excluding hydrogens is 597 g/mol. The first kappa shape index (κ1) is 30.1. The molecule has 0 saturated carbocycles. The number of benzene rings is 2. The predicted octanol–water partition coefficient (Wildman–Crippen LogP) is 3.91. The van der Waals surface area contributed by atoms with Crippen LogP contribution in [0.25, 0.3) is 11.3 Å². The van der Waals surface area contributed by atoms with Gasteiger partial charge in [-0.05, 0) is 61.9 Å². The van der Waals surface area contributed by atoms with Crippen LogP contribution in [0.5, 0.6) is 0 Å². The number of amides is 2. The molecule has 0 unspecified atom stereocenters. The Kier molecular flexibility index (Phi) is 8.65. The summed E-state index contributed by atoms with van der Waals surface area (Å²) in [6.07, 6.45) is -2.97. The van der Waals surface area contributed by atoms with Gasteiger partial charge in [0.05, 0.1) is 27.4 Å². The second kappa shape index (κ2) is 12.1. The number of halogens is 4. The molecule has 9 nitrogen and oxygen atoms in total. The van der Waals surface area contributed by atoms with E-state index in [1.807, 2.05) is 0 Å². The summed E-state index contributed by atoms with van der Waals surface area (Å²) < 4.78 is 73.1. The highest BCUT2D eigenvalue weighted by atomic mass is 35.5. The molecule has 5 rings (SSSR count). The molecule has 0 aliphatic carbocycles. The molecule has 0 spiro atoms. The summed E-state index contributed by atoms with van der Waals surface area (Å²) >= 11 is 6.11. The van der Waals surface area contributed by atoms with Gasteiger partial charge in [-0.1, -0.05) is 29.8 Å². The fourth-order valence-corrected chi connectivity index (χ4v) is 6.86. The molecule has 2 aliphatic rings. The van der Waals surface area contributed by atoms with Gasteiger partial charge in [-0.25, -0.2) is 8.42 Å². The number of nitrogens with one attached hydrogen (secondary N) is 3. The summed E-state index contributed by atoms with van der Waals surface area (Å²) in [6, 6.07) is 12.1. The summed E-state index contributed by atoms with van der Waals surface area (Å²) in [6.45, 7) is 1.09. The van der Waals surface area contributed by atoms with Crippen molar-refractivity contribution in [3.63, 3.8) is 0 Å². The summed E-state index contributed by atoms with van der Waals surface area (Å²) in [5, 5.41) is 8.87. The lowest BCUT2D eigenvalue weighted by atomic mass is 10.0. The monoisotopic (exact) mass is 624 g/mol. The zero-order chi connectivity index (χ0) is 30.1. The fraction of sp³-hybridized carbons (Fsp3) is 0.357. The molecule has 2 aromatic carbocycles. The number of hydrogen-bond acceptors (Lipinski definition) is 6. The first-order valence-corrected chi connectivity index (χ1v) is 15.1. The predicted molar refractivity (Wildman–Crippen MR) is 148 cm³/mol. The Morgan fingerprint density at radius 1 is 1.02 bits per heavy atom. The second-order valence-electron chi connectivity index (χ2n) is 10.2. The van der Waals surface area contributed by atoms with Crippen molar-refractivity contribution in [2.45, 2.75) is 36.0 Å². The molecule has 224 valence electrons. The molecule has 0 radical (unpaired) electrons. The number of nitrogens with zero attached hydrogens (tertiary/aromatic N) is 1. The van der Waals surface area contributed by atoms with Crippen LogP contribution in [-0.2, 0) is 21.0 Å². The van der Waals surface area contributed by atoms with E-state index >= 15 is 0 Å². The standard InChI is InChI=1S/C28H28ClF3N4O5S/c29-22-9-8-17(28(30,31)32)13-20(22)24-10-11-25(41-24)27(38)35-23-16-36(42(39,40)19-6-2-1-3-7-19)15-21(23)26(37)34-18-5-4-12-33-14-18/h1-3,6-11,13,18,21,23,33H,4-5,12,14-16H2,(H,34,37)(H,35,38)/t18-,21-,23-/m0/s1. The normalized spacial score (nSPS) is 21.7. The van der Waals surface area contributed by atoms with Crippen molar-refractivity contribution in [2.75, 3.05) is 26.2 Å². The molecule has 42 heavy (non-hydrogen) atoms. The molecule has 1 aromatic heterocycles. The number of piperidine rings is 1. The molecule has 3 atom stereocenters. The third-order valence-corrected chi connectivity index (χ3v) is 9.53. The van der Waals surface area contributed by atoms with Crippen LogP contribution in [0.1, 0.15) is 29.0 Å². The fourth-order valence-electron chi connectivity index (χ4n) is 5.14. The van der Waals surface area contributed by atoms with Crippen molar-refractivity contribution in [3.8, 4) is 11.3 Å². The van der Waals surface area contributed by atoms with Gasteiger partial charge >= 0.3 is 6.18 Å². The van der Waals surface area contributed by atoms with Crippen molar-refractivity contribution in [1.82, 2.24) is 20.3 Å². The maximum absolute atomic E-state index is 13.3. The lowest BCUT2D eigenvalue weighted by Gasteiger charge is -2.26. The highest BCUT2D eigenvalue weighted by Gasteiger charge is 2.44. The molecule has 3 aromatic rings. The van der Waals surface area contributed by atoms with E-state index in [0.717, 1.165) is 41.9 Å². The van der Waals surface area contributed by atoms with Crippen LogP contribution in [0.15, 0.2) is 70.0 Å². The SMILES string of the molecule is O=C(N[C@H]1CN(S(=O)(=O)c2ccccc2)C[C@@H]1C(=O)N[C@H]1CCCNC1)c1ccc(-c2cc(C(F)(F)F)ccc2Cl)o1. The molecule has 14 heteroatoms. The van der Waals surface area contributed by atoms with Crippen LogP contribution in [0.3, 0.4) is 0 Å². The number of carbonyl (C=O) groups is 2. The van der Waals surface area contributed by atoms with Crippen molar-refractivity contribution < 1.29 is 35.6 Å². The first-order chi connectivity index (χ1) is 19.9. The summed E-state index contributed by atoms with van der Waals surface area (Å²) in [5.41, 5.74) is -0.984. The molecule has 2 aliphatic heterocycles. The van der Waals surface area contributed by atoms with Crippen molar-refractivity contribution in [3.05, 3.63) is 77.0 Å². The number of furan rings is 1. The van der Waals surface area contributed by atoms with Gasteiger partial charge in [0, 0.05) is 31.2 Å². The van der Waals surface area contributed by atoms with Crippen LogP contribution in [0.4, 0.5) is 13.2 Å². The van der Waals surface area contributed by atoms with E-state index in [0.29, 0.717) is 6.54 Å². The number of hydrogen-bond donors (Lipinski definition) is 3. The quantitative estimate of drug-likeness (QED) is 0.367. The number of sulfonamides is 1. The Hall–Kier alpha value is -3.39. The van der Waals surface area contributed by atoms with Crippen molar-refractivity contribution >= 4 is 33.4 Å². The third kappa shape index (κ3) is 6.48. The average Bonchev–Trinajstić information content (AvgIpc) is 3.62. The number of alkyl halides is 3. The van der Waals surface area contributed by atoms with E-state index in [-0.39, 0.29) is 46.1 Å². The Labute approximate surface area is 245 Å². The van der Waals surface area contributed by atoms with Gasteiger partial charge in [0.1, 0.15) is 5.76 Å². The van der Waals surface area contributed by atoms with Gasteiger partial charge in [0.2, 0.25) is 15.9 Å². The van der Waals surface area contributed by atoms with E-state index in [1.165, 1.54) is 24.3 Å². The van der Waals surface area contributed by atoms with Gasteiger partial charge in [-0.3, -0.25) is 9.59 Å². The van der Waals surface area contributed by atoms with Crippen molar-refractivity contribution in [1.29, 1.82) is 0 Å². The van der Waals surface area contributed by atoms with E-state index in [4.69, 9.17) is 16.0 Å². The van der Waals surface area contributed by atoms with E-state index in [1.54, 1.807) is 18.2 Å². The maximum atomic E-state index is 13.3. The molecule has 2 amide bonds. The van der Waals surface area contributed by atoms with Crippen molar-refractivity contribution in [2.24, 2.45) is 5.92 Å². The zero-order valence-corrected chi connectivity index (χ0v) is 23.7. The highest BCUT2D eigenvalue weighted by molar-refractivity contribution is 7.89. The van der Waals surface area contributed by atoms with Gasteiger partial charge in [-0.2, -0.15) is 17.5 Å². The largest absolute Gasteiger partial charge is 0.451 e. The Bertz CT molecular complexity index is 1560. The molecule has 3 heterocycles. The second-order valence-corrected chi connectivity index (χ2v) is 12.6. The number of rotatable bonds is 7. The van der Waals surface area contributed by atoms with Gasteiger partial charge in [0.15, 0.2) is 5.76 Å². The molecule has 2 saturated heterocycles. The number of carbonyl (C=O) groups excluding carboxylic acids is 2. The van der Waals surface area contributed by atoms with E-state index < -0.39 is 45.5 Å².